The van der Waals surface area contributed by atoms with Crippen LogP contribution in [0, 0.1) is 0 Å². The van der Waals surface area contributed by atoms with E-state index in [-0.39, 0.29) is 12.7 Å². The summed E-state index contributed by atoms with van der Waals surface area (Å²) in [5.41, 5.74) is 0. The normalized spacial score (nSPS) is 29.9. The third-order valence-electron chi connectivity index (χ3n) is 1.49. The first kappa shape index (κ1) is 8.71. The second-order valence-corrected chi connectivity index (χ2v) is 2.98. The Bertz CT molecular complexity index is 151. The van der Waals surface area contributed by atoms with Gasteiger partial charge in [0.1, 0.15) is 6.10 Å². The van der Waals surface area contributed by atoms with Crippen molar-refractivity contribution in [2.45, 2.75) is 25.7 Å². The molecule has 3 heteroatoms. The molecule has 1 aliphatic heterocycles. The second-order valence-electron chi connectivity index (χ2n) is 2.98. The van der Waals surface area contributed by atoms with Crippen molar-refractivity contribution in [2.24, 2.45) is 0 Å². The highest BCUT2D eigenvalue weighted by atomic mass is 16.7. The van der Waals surface area contributed by atoms with E-state index in [0.29, 0.717) is 6.61 Å². The molecule has 0 saturated carbocycles. The molecule has 64 valence electrons. The monoisotopic (exact) mass is 158 g/mol. The largest absolute Gasteiger partial charge is 0.392 e. The SMILES string of the molecule is CC1(C)OC[C@@H](C=CCO)O1. The Kier molecular flexibility index (Phi) is 2.65. The topological polar surface area (TPSA) is 38.7 Å². The highest BCUT2D eigenvalue weighted by Gasteiger charge is 2.30. The molecule has 1 rings (SSSR count). The summed E-state index contributed by atoms with van der Waals surface area (Å²) in [4.78, 5) is 0. The van der Waals surface area contributed by atoms with E-state index in [1.165, 1.54) is 0 Å². The molecule has 0 aromatic heterocycles. The standard InChI is InChI=1S/C8H14O3/c1-8(2)10-6-7(11-8)4-3-5-9/h3-4,7,9H,5-6H2,1-2H3/t7-/m1/s1. The maximum atomic E-state index is 8.47. The van der Waals surface area contributed by atoms with E-state index < -0.39 is 5.79 Å². The molecule has 0 amide bonds. The van der Waals surface area contributed by atoms with E-state index in [2.05, 4.69) is 0 Å². The molecule has 1 saturated heterocycles. The van der Waals surface area contributed by atoms with Crippen LogP contribution >= 0.6 is 0 Å². The van der Waals surface area contributed by atoms with Crippen LogP contribution in [0.2, 0.25) is 0 Å². The van der Waals surface area contributed by atoms with Gasteiger partial charge in [0, 0.05) is 0 Å². The quantitative estimate of drug-likeness (QED) is 0.601. The number of rotatable bonds is 2. The van der Waals surface area contributed by atoms with E-state index in [1.54, 1.807) is 6.08 Å². The summed E-state index contributed by atoms with van der Waals surface area (Å²) in [6.45, 7) is 4.38. The fourth-order valence-corrected chi connectivity index (χ4v) is 1.02. The van der Waals surface area contributed by atoms with Gasteiger partial charge in [-0.05, 0) is 13.8 Å². The lowest BCUT2D eigenvalue weighted by molar-refractivity contribution is -0.133. The van der Waals surface area contributed by atoms with Crippen molar-refractivity contribution in [3.8, 4) is 0 Å². The Hall–Kier alpha value is -0.380. The van der Waals surface area contributed by atoms with Gasteiger partial charge in [0.2, 0.25) is 0 Å². The summed E-state index contributed by atoms with van der Waals surface area (Å²) >= 11 is 0. The third kappa shape index (κ3) is 2.61. The van der Waals surface area contributed by atoms with Crippen molar-refractivity contribution in [2.75, 3.05) is 13.2 Å². The molecule has 0 unspecified atom stereocenters. The van der Waals surface area contributed by atoms with Gasteiger partial charge in [-0.25, -0.2) is 0 Å². The van der Waals surface area contributed by atoms with Crippen molar-refractivity contribution < 1.29 is 14.6 Å². The Morgan fingerprint density at radius 2 is 2.36 bits per heavy atom. The van der Waals surface area contributed by atoms with Gasteiger partial charge in [-0.15, -0.1) is 0 Å². The van der Waals surface area contributed by atoms with E-state index in [4.69, 9.17) is 14.6 Å². The maximum Gasteiger partial charge on any atom is 0.163 e. The molecule has 1 fully saturated rings. The first-order valence-corrected chi connectivity index (χ1v) is 3.73. The molecule has 1 heterocycles. The smallest absolute Gasteiger partial charge is 0.163 e. The van der Waals surface area contributed by atoms with E-state index in [0.717, 1.165) is 0 Å². The van der Waals surface area contributed by atoms with Crippen molar-refractivity contribution in [1.29, 1.82) is 0 Å². The first-order valence-electron chi connectivity index (χ1n) is 3.73. The third-order valence-corrected chi connectivity index (χ3v) is 1.49. The zero-order valence-corrected chi connectivity index (χ0v) is 6.91. The van der Waals surface area contributed by atoms with Gasteiger partial charge >= 0.3 is 0 Å². The summed E-state index contributed by atoms with van der Waals surface area (Å²) in [5, 5.41) is 8.47. The molecular formula is C8H14O3. The molecule has 0 spiro atoms. The highest BCUT2D eigenvalue weighted by molar-refractivity contribution is 4.92. The van der Waals surface area contributed by atoms with Crippen molar-refractivity contribution >= 4 is 0 Å². The fourth-order valence-electron chi connectivity index (χ4n) is 1.02. The molecule has 0 aromatic rings. The molecule has 3 nitrogen and oxygen atoms in total. The number of aliphatic hydroxyl groups is 1. The summed E-state index contributed by atoms with van der Waals surface area (Å²) < 4.78 is 10.7. The minimum Gasteiger partial charge on any atom is -0.392 e. The molecular weight excluding hydrogens is 144 g/mol. The van der Waals surface area contributed by atoms with Crippen LogP contribution in [0.5, 0.6) is 0 Å². The summed E-state index contributed by atoms with van der Waals surface area (Å²) in [5.74, 6) is -0.468. The van der Waals surface area contributed by atoms with Crippen molar-refractivity contribution in [1.82, 2.24) is 0 Å². The van der Waals surface area contributed by atoms with Crippen molar-refractivity contribution in [3.05, 3.63) is 12.2 Å². The van der Waals surface area contributed by atoms with Crippen LogP contribution in [0.1, 0.15) is 13.8 Å². The summed E-state index contributed by atoms with van der Waals surface area (Å²) in [7, 11) is 0. The lowest BCUT2D eigenvalue weighted by Gasteiger charge is -2.15. The zero-order chi connectivity index (χ0) is 8.32. The number of ether oxygens (including phenoxy) is 2. The van der Waals surface area contributed by atoms with Gasteiger partial charge in [0.05, 0.1) is 13.2 Å². The Morgan fingerprint density at radius 1 is 1.64 bits per heavy atom. The van der Waals surface area contributed by atoms with Gasteiger partial charge in [-0.1, -0.05) is 12.2 Å². The molecule has 0 radical (unpaired) electrons. The van der Waals surface area contributed by atoms with Crippen molar-refractivity contribution in [3.63, 3.8) is 0 Å². The van der Waals surface area contributed by atoms with Crippen LogP contribution in [0.4, 0.5) is 0 Å². The van der Waals surface area contributed by atoms with Gasteiger partial charge in [-0.2, -0.15) is 0 Å². The zero-order valence-electron chi connectivity index (χ0n) is 6.91. The van der Waals surface area contributed by atoms with E-state index in [9.17, 15) is 0 Å². The van der Waals surface area contributed by atoms with Crippen LogP contribution in [0.15, 0.2) is 12.2 Å². The Morgan fingerprint density at radius 3 is 2.82 bits per heavy atom. The lowest BCUT2D eigenvalue weighted by Crippen LogP contribution is -2.20. The molecule has 11 heavy (non-hydrogen) atoms. The lowest BCUT2D eigenvalue weighted by atomic mass is 10.3. The van der Waals surface area contributed by atoms with Gasteiger partial charge < -0.3 is 14.6 Å². The van der Waals surface area contributed by atoms with Crippen LogP contribution in [0.3, 0.4) is 0 Å². The summed E-state index contributed by atoms with van der Waals surface area (Å²) in [6, 6.07) is 0. The minimum absolute atomic E-state index is 0.00264. The van der Waals surface area contributed by atoms with Crippen LogP contribution < -0.4 is 0 Å². The second kappa shape index (κ2) is 3.34. The average molecular weight is 158 g/mol. The Balaban J connectivity index is 2.36. The van der Waals surface area contributed by atoms with Gasteiger partial charge in [0.15, 0.2) is 5.79 Å². The average Bonchev–Trinajstić information content (AvgIpc) is 2.26. The van der Waals surface area contributed by atoms with Crippen LogP contribution in [-0.2, 0) is 9.47 Å². The van der Waals surface area contributed by atoms with E-state index in [1.807, 2.05) is 19.9 Å². The molecule has 0 bridgehead atoms. The molecule has 1 aliphatic rings. The fraction of sp³-hybridized carbons (Fsp3) is 0.750. The predicted molar refractivity (Wildman–Crippen MR) is 41.1 cm³/mol. The van der Waals surface area contributed by atoms with Crippen LogP contribution in [-0.4, -0.2) is 30.2 Å². The number of hydrogen-bond acceptors (Lipinski definition) is 3. The maximum absolute atomic E-state index is 8.47. The summed E-state index contributed by atoms with van der Waals surface area (Å²) in [6.07, 6.45) is 3.47. The molecule has 0 aliphatic carbocycles. The molecule has 1 N–H and O–H groups in total. The number of aliphatic hydroxyl groups excluding tert-OH is 1. The van der Waals surface area contributed by atoms with E-state index >= 15 is 0 Å². The minimum atomic E-state index is -0.468. The first-order chi connectivity index (χ1) is 5.14. The van der Waals surface area contributed by atoms with Gasteiger partial charge in [0.25, 0.3) is 0 Å². The molecule has 1 atom stereocenters. The highest BCUT2D eigenvalue weighted by Crippen LogP contribution is 2.22. The Labute approximate surface area is 66.6 Å². The van der Waals surface area contributed by atoms with Gasteiger partial charge in [-0.3, -0.25) is 0 Å². The number of hydrogen-bond donors (Lipinski definition) is 1. The van der Waals surface area contributed by atoms with Crippen LogP contribution in [0.25, 0.3) is 0 Å². The molecule has 0 aromatic carbocycles. The predicted octanol–water partition coefficient (Wildman–Crippen LogP) is 0.686.